The molecule has 0 saturated heterocycles. The third-order valence-electron chi connectivity index (χ3n) is 12.4. The van der Waals surface area contributed by atoms with Gasteiger partial charge in [-0.3, -0.25) is 0 Å². The van der Waals surface area contributed by atoms with Crippen molar-refractivity contribution in [3.05, 3.63) is 212 Å². The minimum Gasteiger partial charge on any atom is -0.452 e. The Morgan fingerprint density at radius 3 is 1.57 bits per heavy atom. The van der Waals surface area contributed by atoms with E-state index < -0.39 is 0 Å². The molecule has 13 aromatic rings. The first-order valence-corrected chi connectivity index (χ1v) is 21.2. The van der Waals surface area contributed by atoms with Gasteiger partial charge in [-0.25, -0.2) is 15.0 Å². The van der Waals surface area contributed by atoms with Crippen LogP contribution in [0, 0.1) is 0 Å². The summed E-state index contributed by atoms with van der Waals surface area (Å²) < 4.78 is 12.0. The molecule has 0 saturated carbocycles. The van der Waals surface area contributed by atoms with Crippen molar-refractivity contribution in [1.82, 2.24) is 24.1 Å². The highest BCUT2D eigenvalue weighted by Gasteiger charge is 2.25. The summed E-state index contributed by atoms with van der Waals surface area (Å²) in [6.45, 7) is 0. The third-order valence-corrected chi connectivity index (χ3v) is 12.4. The van der Waals surface area contributed by atoms with E-state index in [0.29, 0.717) is 17.5 Å². The first-order chi connectivity index (χ1) is 31.3. The van der Waals surface area contributed by atoms with Gasteiger partial charge in [-0.2, -0.15) is 0 Å². The Kier molecular flexibility index (Phi) is 7.80. The molecule has 0 atom stereocenters. The van der Waals surface area contributed by atoms with Crippen molar-refractivity contribution in [2.45, 2.75) is 0 Å². The Labute approximate surface area is 361 Å². The van der Waals surface area contributed by atoms with Gasteiger partial charge in [-0.1, -0.05) is 164 Å². The summed E-state index contributed by atoms with van der Waals surface area (Å²) in [5.74, 6) is 1.80. The third kappa shape index (κ3) is 5.48. The number of hydrogen-bond donors (Lipinski definition) is 0. The molecule has 6 heteroatoms. The van der Waals surface area contributed by atoms with Crippen LogP contribution in [0.3, 0.4) is 0 Å². The van der Waals surface area contributed by atoms with Crippen LogP contribution >= 0.6 is 0 Å². The van der Waals surface area contributed by atoms with E-state index in [-0.39, 0.29) is 0 Å². The number of aromatic nitrogens is 5. The molecule has 0 aliphatic carbocycles. The molecule has 0 aliphatic heterocycles. The van der Waals surface area contributed by atoms with E-state index in [2.05, 4.69) is 197 Å². The molecule has 9 aromatic carbocycles. The molecule has 0 N–H and O–H groups in total. The van der Waals surface area contributed by atoms with E-state index in [1.54, 1.807) is 0 Å². The van der Waals surface area contributed by atoms with E-state index in [0.717, 1.165) is 94.0 Å². The minimum absolute atomic E-state index is 0.587. The fraction of sp³-hybridized carbons (Fsp3) is 0. The maximum Gasteiger partial charge on any atom is 0.166 e. The normalized spacial score (nSPS) is 11.8. The van der Waals surface area contributed by atoms with Crippen molar-refractivity contribution in [3.8, 4) is 56.7 Å². The SMILES string of the molecule is c1ccc(-c2cccc(-c3nc(-c4ccccc4)nc(-c4cccc5c6ccc7c8cccc(-n9c%10ccccc%10c%10ccccc%109)c8oc7c6n(-c6ccccc6)c45)n3)c2)cc1. The Morgan fingerprint density at radius 1 is 0.317 bits per heavy atom. The summed E-state index contributed by atoms with van der Waals surface area (Å²) in [5.41, 5.74) is 12.9. The van der Waals surface area contributed by atoms with Gasteiger partial charge in [-0.15, -0.1) is 0 Å². The predicted octanol–water partition coefficient (Wildman–Crippen LogP) is 14.6. The van der Waals surface area contributed by atoms with Gasteiger partial charge < -0.3 is 13.6 Å². The molecule has 0 fully saturated rings. The molecular formula is C57H35N5O. The highest BCUT2D eigenvalue weighted by Crippen LogP contribution is 2.45. The summed E-state index contributed by atoms with van der Waals surface area (Å²) in [5, 5.41) is 6.68. The van der Waals surface area contributed by atoms with E-state index in [1.165, 1.54) is 10.8 Å². The first kappa shape index (κ1) is 35.2. The van der Waals surface area contributed by atoms with Crippen molar-refractivity contribution >= 4 is 65.6 Å². The second-order valence-corrected chi connectivity index (χ2v) is 16.0. The molecule has 4 aromatic heterocycles. The fourth-order valence-corrected chi connectivity index (χ4v) is 9.57. The van der Waals surface area contributed by atoms with Gasteiger partial charge in [0, 0.05) is 54.7 Å². The van der Waals surface area contributed by atoms with E-state index >= 15 is 0 Å². The second-order valence-electron chi connectivity index (χ2n) is 16.0. The highest BCUT2D eigenvalue weighted by atomic mass is 16.3. The average molecular weight is 806 g/mol. The van der Waals surface area contributed by atoms with Gasteiger partial charge in [-0.05, 0) is 59.7 Å². The molecular weight excluding hydrogens is 771 g/mol. The molecule has 294 valence electrons. The van der Waals surface area contributed by atoms with Crippen molar-refractivity contribution in [3.63, 3.8) is 0 Å². The van der Waals surface area contributed by atoms with Gasteiger partial charge in [0.2, 0.25) is 0 Å². The lowest BCUT2D eigenvalue weighted by Gasteiger charge is -2.13. The molecule has 63 heavy (non-hydrogen) atoms. The van der Waals surface area contributed by atoms with Crippen LogP contribution in [0.1, 0.15) is 0 Å². The Morgan fingerprint density at radius 2 is 0.825 bits per heavy atom. The zero-order chi connectivity index (χ0) is 41.4. The van der Waals surface area contributed by atoms with Gasteiger partial charge in [0.05, 0.1) is 27.8 Å². The van der Waals surface area contributed by atoms with Gasteiger partial charge in [0.1, 0.15) is 0 Å². The largest absolute Gasteiger partial charge is 0.452 e. The van der Waals surface area contributed by atoms with Crippen LogP contribution in [0.25, 0.3) is 122 Å². The molecule has 0 radical (unpaired) electrons. The monoisotopic (exact) mass is 805 g/mol. The van der Waals surface area contributed by atoms with Gasteiger partial charge >= 0.3 is 0 Å². The second kappa shape index (κ2) is 14.0. The Bertz CT molecular complexity index is 3850. The predicted molar refractivity (Wildman–Crippen MR) is 258 cm³/mol. The summed E-state index contributed by atoms with van der Waals surface area (Å²) in [4.78, 5) is 15.7. The molecule has 6 nitrogen and oxygen atoms in total. The minimum atomic E-state index is 0.587. The Balaban J connectivity index is 1.10. The van der Waals surface area contributed by atoms with Gasteiger partial charge in [0.25, 0.3) is 0 Å². The van der Waals surface area contributed by atoms with Crippen molar-refractivity contribution in [1.29, 1.82) is 0 Å². The summed E-state index contributed by atoms with van der Waals surface area (Å²) >= 11 is 0. The molecule has 13 rings (SSSR count). The number of rotatable bonds is 6. The van der Waals surface area contributed by atoms with E-state index in [4.69, 9.17) is 19.4 Å². The highest BCUT2D eigenvalue weighted by molar-refractivity contribution is 6.24. The first-order valence-electron chi connectivity index (χ1n) is 21.2. The lowest BCUT2D eigenvalue weighted by atomic mass is 10.0. The summed E-state index contributed by atoms with van der Waals surface area (Å²) in [6, 6.07) is 74.2. The number of benzene rings is 9. The van der Waals surface area contributed by atoms with Crippen LogP contribution in [0.2, 0.25) is 0 Å². The maximum atomic E-state index is 7.27. The molecule has 0 spiro atoms. The number of para-hydroxylation sites is 5. The topological polar surface area (TPSA) is 61.7 Å². The van der Waals surface area contributed by atoms with E-state index in [9.17, 15) is 0 Å². The molecule has 0 aliphatic rings. The molecule has 4 heterocycles. The van der Waals surface area contributed by atoms with Crippen LogP contribution in [0.15, 0.2) is 217 Å². The van der Waals surface area contributed by atoms with Crippen molar-refractivity contribution in [2.24, 2.45) is 0 Å². The van der Waals surface area contributed by atoms with Crippen LogP contribution in [0.5, 0.6) is 0 Å². The lowest BCUT2D eigenvalue weighted by Crippen LogP contribution is -2.02. The number of hydrogen-bond acceptors (Lipinski definition) is 4. The maximum absolute atomic E-state index is 7.27. The van der Waals surface area contributed by atoms with E-state index in [1.807, 2.05) is 24.3 Å². The Hall–Kier alpha value is -8.61. The molecule has 0 bridgehead atoms. The fourth-order valence-electron chi connectivity index (χ4n) is 9.57. The number of nitrogens with zero attached hydrogens (tertiary/aromatic N) is 5. The average Bonchev–Trinajstić information content (AvgIpc) is 4.03. The van der Waals surface area contributed by atoms with Crippen LogP contribution < -0.4 is 0 Å². The zero-order valence-corrected chi connectivity index (χ0v) is 33.9. The quantitative estimate of drug-likeness (QED) is 0.168. The van der Waals surface area contributed by atoms with Crippen LogP contribution in [-0.4, -0.2) is 24.1 Å². The van der Waals surface area contributed by atoms with Crippen molar-refractivity contribution < 1.29 is 4.42 Å². The van der Waals surface area contributed by atoms with Crippen molar-refractivity contribution in [2.75, 3.05) is 0 Å². The zero-order valence-electron chi connectivity index (χ0n) is 33.9. The number of fused-ring (bicyclic) bond motifs is 10. The van der Waals surface area contributed by atoms with Crippen LogP contribution in [-0.2, 0) is 0 Å². The van der Waals surface area contributed by atoms with Gasteiger partial charge in [0.15, 0.2) is 28.6 Å². The standard InChI is InChI=1S/C57H35N5O/c1-4-17-36(18-5-1)38-21-14-22-39(35-38)56-58-55(37-19-6-2-7-20-37)59-57(60-56)47-29-15-27-43-44-33-34-46-45-28-16-32-50(62-48-30-12-10-25-41(48)42-26-11-13-31-49(42)62)53(45)63-54(46)52(44)61(51(43)47)40-23-8-3-9-24-40/h1-35H. The lowest BCUT2D eigenvalue weighted by molar-refractivity contribution is 0.668. The molecule has 0 amide bonds. The smallest absolute Gasteiger partial charge is 0.166 e. The summed E-state index contributed by atoms with van der Waals surface area (Å²) in [7, 11) is 0. The molecule has 0 unspecified atom stereocenters. The number of furan rings is 1. The summed E-state index contributed by atoms with van der Waals surface area (Å²) in [6.07, 6.45) is 0. The van der Waals surface area contributed by atoms with Crippen LogP contribution in [0.4, 0.5) is 0 Å².